The van der Waals surface area contributed by atoms with Crippen LogP contribution in [0.1, 0.15) is 19.8 Å². The summed E-state index contributed by atoms with van der Waals surface area (Å²) in [5, 5.41) is 2.92. The number of nitrogens with one attached hydrogen (secondary N) is 1. The van der Waals surface area contributed by atoms with Crippen LogP contribution >= 0.6 is 12.2 Å². The summed E-state index contributed by atoms with van der Waals surface area (Å²) < 4.78 is 0. The fraction of sp³-hybridized carbons (Fsp3) is 0.750. The second kappa shape index (κ2) is 4.41. The zero-order chi connectivity index (χ0) is 9.84. The zero-order valence-corrected chi connectivity index (χ0v) is 8.56. The molecule has 4 nitrogen and oxygen atoms in total. The fourth-order valence-electron chi connectivity index (χ4n) is 1.49. The third-order valence-corrected chi connectivity index (χ3v) is 2.26. The van der Waals surface area contributed by atoms with E-state index in [2.05, 4.69) is 17.5 Å². The normalized spacial score (nSPS) is 18.4. The molecule has 0 spiro atoms. The van der Waals surface area contributed by atoms with Crippen LogP contribution in [0.2, 0.25) is 0 Å². The minimum Gasteiger partial charge on any atom is -0.376 e. The Morgan fingerprint density at radius 1 is 1.54 bits per heavy atom. The van der Waals surface area contributed by atoms with Gasteiger partial charge in [-0.2, -0.15) is 0 Å². The van der Waals surface area contributed by atoms with Gasteiger partial charge in [0.05, 0.1) is 0 Å². The molecule has 5 heteroatoms. The predicted molar refractivity (Wildman–Crippen MR) is 55.2 cm³/mol. The van der Waals surface area contributed by atoms with E-state index in [0.717, 1.165) is 25.9 Å². The van der Waals surface area contributed by atoms with Gasteiger partial charge in [-0.15, -0.1) is 0 Å². The number of nitrogens with zero attached hydrogens (tertiary/aromatic N) is 1. The van der Waals surface area contributed by atoms with Crippen molar-refractivity contribution in [1.29, 1.82) is 0 Å². The van der Waals surface area contributed by atoms with Crippen LogP contribution < -0.4 is 11.1 Å². The lowest BCUT2D eigenvalue weighted by Gasteiger charge is -2.20. The number of carbonyl (C=O) groups excluding carboxylic acids is 1. The van der Waals surface area contributed by atoms with E-state index in [1.807, 2.05) is 4.90 Å². The predicted octanol–water partition coefficient (Wildman–Crippen LogP) is -0.169. The molecule has 1 aliphatic heterocycles. The molecule has 3 N–H and O–H groups in total. The van der Waals surface area contributed by atoms with Gasteiger partial charge in [0.25, 0.3) is 0 Å². The van der Waals surface area contributed by atoms with Crippen molar-refractivity contribution in [2.45, 2.75) is 25.8 Å². The lowest BCUT2D eigenvalue weighted by Crippen LogP contribution is -2.47. The summed E-state index contributed by atoms with van der Waals surface area (Å²) >= 11 is 4.66. The number of hydrogen-bond donors (Lipinski definition) is 2. The number of amides is 1. The van der Waals surface area contributed by atoms with Crippen molar-refractivity contribution in [3.8, 4) is 0 Å². The van der Waals surface area contributed by atoms with Gasteiger partial charge in [-0.1, -0.05) is 0 Å². The van der Waals surface area contributed by atoms with Crippen LogP contribution in [0.25, 0.3) is 0 Å². The van der Waals surface area contributed by atoms with E-state index in [1.54, 1.807) is 6.92 Å². The first-order chi connectivity index (χ1) is 6.11. The molecule has 1 fully saturated rings. The second-order valence-corrected chi connectivity index (χ2v) is 3.70. The zero-order valence-electron chi connectivity index (χ0n) is 7.75. The topological polar surface area (TPSA) is 58.4 Å². The summed E-state index contributed by atoms with van der Waals surface area (Å²) in [7, 11) is 0. The van der Waals surface area contributed by atoms with Crippen molar-refractivity contribution in [2.75, 3.05) is 13.1 Å². The van der Waals surface area contributed by atoms with Gasteiger partial charge in [-0.3, -0.25) is 4.79 Å². The molecule has 74 valence electrons. The second-order valence-electron chi connectivity index (χ2n) is 3.26. The molecule has 0 aromatic heterocycles. The van der Waals surface area contributed by atoms with Crippen molar-refractivity contribution in [2.24, 2.45) is 5.73 Å². The number of likely N-dealkylation sites (tertiary alicyclic amines) is 1. The third kappa shape index (κ3) is 2.84. The molecule has 13 heavy (non-hydrogen) atoms. The average molecular weight is 201 g/mol. The lowest BCUT2D eigenvalue weighted by atomic mass is 10.3. The van der Waals surface area contributed by atoms with Crippen LogP contribution in [0, 0.1) is 0 Å². The van der Waals surface area contributed by atoms with Crippen LogP contribution in [-0.4, -0.2) is 35.1 Å². The summed E-state index contributed by atoms with van der Waals surface area (Å²) in [6.07, 6.45) is 2.21. The summed E-state index contributed by atoms with van der Waals surface area (Å²) in [4.78, 5) is 13.5. The van der Waals surface area contributed by atoms with E-state index in [0.29, 0.717) is 0 Å². The van der Waals surface area contributed by atoms with Gasteiger partial charge in [-0.05, 0) is 32.0 Å². The third-order valence-electron chi connectivity index (χ3n) is 2.15. The molecule has 1 heterocycles. The first-order valence-electron chi connectivity index (χ1n) is 4.46. The van der Waals surface area contributed by atoms with E-state index in [-0.39, 0.29) is 17.1 Å². The van der Waals surface area contributed by atoms with Crippen molar-refractivity contribution < 1.29 is 4.79 Å². The van der Waals surface area contributed by atoms with Crippen LogP contribution in [-0.2, 0) is 4.79 Å². The molecule has 1 rings (SSSR count). The molecule has 0 aromatic carbocycles. The molecule has 1 atom stereocenters. The number of rotatable bonds is 2. The Morgan fingerprint density at radius 2 is 2.08 bits per heavy atom. The first kappa shape index (κ1) is 10.2. The highest BCUT2D eigenvalue weighted by molar-refractivity contribution is 7.80. The minimum absolute atomic E-state index is 0.0882. The Balaban J connectivity index is 2.41. The van der Waals surface area contributed by atoms with Gasteiger partial charge >= 0.3 is 0 Å². The molecule has 1 amide bonds. The molecular formula is C8H15N3OS. The summed E-state index contributed by atoms with van der Waals surface area (Å²) in [6, 6.07) is -0.296. The molecule has 0 aromatic rings. The molecule has 1 saturated heterocycles. The molecule has 1 aliphatic rings. The highest BCUT2D eigenvalue weighted by Gasteiger charge is 2.22. The van der Waals surface area contributed by atoms with E-state index in [4.69, 9.17) is 5.73 Å². The number of nitrogens with two attached hydrogens (primary N) is 1. The summed E-state index contributed by atoms with van der Waals surface area (Å²) in [5.74, 6) is 0.0882. The average Bonchev–Trinajstić information content (AvgIpc) is 2.53. The van der Waals surface area contributed by atoms with Gasteiger partial charge in [0.15, 0.2) is 5.11 Å². The van der Waals surface area contributed by atoms with Crippen LogP contribution in [0.4, 0.5) is 0 Å². The number of thiocarbonyl (C=S) groups is 1. The van der Waals surface area contributed by atoms with E-state index >= 15 is 0 Å². The monoisotopic (exact) mass is 201 g/mol. The maximum atomic E-state index is 11.6. The van der Waals surface area contributed by atoms with Crippen molar-refractivity contribution in [3.05, 3.63) is 0 Å². The maximum Gasteiger partial charge on any atom is 0.244 e. The Hall–Kier alpha value is -0.840. The van der Waals surface area contributed by atoms with Gasteiger partial charge in [0.1, 0.15) is 6.04 Å². The smallest absolute Gasteiger partial charge is 0.244 e. The van der Waals surface area contributed by atoms with E-state index < -0.39 is 0 Å². The highest BCUT2D eigenvalue weighted by atomic mass is 32.1. The quantitative estimate of drug-likeness (QED) is 0.609. The Kier molecular flexibility index (Phi) is 3.48. The van der Waals surface area contributed by atoms with Gasteiger partial charge in [-0.25, -0.2) is 0 Å². The first-order valence-corrected chi connectivity index (χ1v) is 4.87. The van der Waals surface area contributed by atoms with E-state index in [1.165, 1.54) is 0 Å². The summed E-state index contributed by atoms with van der Waals surface area (Å²) in [5.41, 5.74) is 5.28. The Morgan fingerprint density at radius 3 is 2.54 bits per heavy atom. The molecular weight excluding hydrogens is 186 g/mol. The Labute approximate surface area is 83.5 Å². The van der Waals surface area contributed by atoms with Crippen molar-refractivity contribution in [1.82, 2.24) is 10.2 Å². The number of hydrogen-bond acceptors (Lipinski definition) is 2. The SMILES string of the molecule is CC(NC(N)=S)C(=O)N1CCCC1. The molecule has 1 unspecified atom stereocenters. The fourth-order valence-corrected chi connectivity index (χ4v) is 1.66. The lowest BCUT2D eigenvalue weighted by molar-refractivity contribution is -0.131. The van der Waals surface area contributed by atoms with Crippen LogP contribution in [0.5, 0.6) is 0 Å². The standard InChI is InChI=1S/C8H15N3OS/c1-6(10-8(9)13)7(12)11-4-2-3-5-11/h6H,2-5H2,1H3,(H3,9,10,13). The summed E-state index contributed by atoms with van der Waals surface area (Å²) in [6.45, 7) is 3.50. The molecule has 0 saturated carbocycles. The van der Waals surface area contributed by atoms with Gasteiger partial charge in [0.2, 0.25) is 5.91 Å². The highest BCUT2D eigenvalue weighted by Crippen LogP contribution is 2.08. The van der Waals surface area contributed by atoms with Crippen LogP contribution in [0.3, 0.4) is 0 Å². The Bertz CT molecular complexity index is 213. The number of carbonyl (C=O) groups is 1. The molecule has 0 bridgehead atoms. The maximum absolute atomic E-state index is 11.6. The molecule has 0 radical (unpaired) electrons. The minimum atomic E-state index is -0.296. The van der Waals surface area contributed by atoms with Gasteiger partial charge < -0.3 is 16.0 Å². The largest absolute Gasteiger partial charge is 0.376 e. The van der Waals surface area contributed by atoms with Crippen molar-refractivity contribution in [3.63, 3.8) is 0 Å². The molecule has 0 aliphatic carbocycles. The van der Waals surface area contributed by atoms with E-state index in [9.17, 15) is 4.79 Å². The van der Waals surface area contributed by atoms with Crippen LogP contribution in [0.15, 0.2) is 0 Å². The van der Waals surface area contributed by atoms with Crippen molar-refractivity contribution >= 4 is 23.2 Å². The van der Waals surface area contributed by atoms with Gasteiger partial charge in [0, 0.05) is 13.1 Å².